The van der Waals surface area contributed by atoms with E-state index in [0.717, 1.165) is 6.20 Å². The number of esters is 2. The van der Waals surface area contributed by atoms with Crippen molar-refractivity contribution >= 4 is 40.9 Å². The standard InChI is InChI=1S/C13H12Cl2FNO5/c1-3-21-11(19)13(15,12(20)22-4-2)9(18)7-5-8(16)10(14)17-6-7/h5-6H,3-4H2,1-2H3. The van der Waals surface area contributed by atoms with Crippen LogP contribution in [0.1, 0.15) is 24.2 Å². The SMILES string of the molecule is CCOC(=O)C(Cl)(C(=O)OCC)C(=O)c1cnc(Cl)c(F)c1. The second-order valence-electron chi connectivity index (χ2n) is 3.93. The zero-order chi connectivity index (χ0) is 16.9. The maximum atomic E-state index is 13.4. The Labute approximate surface area is 135 Å². The van der Waals surface area contributed by atoms with Crippen LogP contribution in [-0.4, -0.2) is 40.8 Å². The van der Waals surface area contributed by atoms with Crippen LogP contribution in [-0.2, 0) is 19.1 Å². The van der Waals surface area contributed by atoms with E-state index in [4.69, 9.17) is 23.2 Å². The summed E-state index contributed by atoms with van der Waals surface area (Å²) in [7, 11) is 0. The molecular formula is C13H12Cl2FNO5. The number of halogens is 3. The van der Waals surface area contributed by atoms with Crippen LogP contribution in [0, 0.1) is 5.82 Å². The average Bonchev–Trinajstić information content (AvgIpc) is 2.48. The highest BCUT2D eigenvalue weighted by Gasteiger charge is 2.55. The molecule has 0 saturated carbocycles. The lowest BCUT2D eigenvalue weighted by Crippen LogP contribution is -2.50. The molecule has 0 aromatic carbocycles. The van der Waals surface area contributed by atoms with E-state index in [0.29, 0.717) is 6.07 Å². The van der Waals surface area contributed by atoms with Crippen LogP contribution < -0.4 is 0 Å². The molecule has 1 aromatic heterocycles. The van der Waals surface area contributed by atoms with Crippen molar-refractivity contribution in [3.05, 3.63) is 28.8 Å². The lowest BCUT2D eigenvalue weighted by Gasteiger charge is -2.21. The van der Waals surface area contributed by atoms with Crippen molar-refractivity contribution in [2.24, 2.45) is 0 Å². The van der Waals surface area contributed by atoms with Crippen LogP contribution in [0.2, 0.25) is 5.15 Å². The third-order valence-electron chi connectivity index (χ3n) is 2.48. The maximum Gasteiger partial charge on any atom is 0.347 e. The molecule has 0 amide bonds. The molecule has 1 rings (SSSR count). The Balaban J connectivity index is 3.30. The Hall–Kier alpha value is -1.73. The molecule has 0 aliphatic carbocycles. The molecule has 0 saturated heterocycles. The van der Waals surface area contributed by atoms with E-state index in [1.165, 1.54) is 13.8 Å². The van der Waals surface area contributed by atoms with Crippen LogP contribution in [0.4, 0.5) is 4.39 Å². The number of ketones is 1. The van der Waals surface area contributed by atoms with Gasteiger partial charge in [0.2, 0.25) is 5.78 Å². The largest absolute Gasteiger partial charge is 0.464 e. The molecule has 6 nitrogen and oxygen atoms in total. The van der Waals surface area contributed by atoms with Crippen molar-refractivity contribution in [3.63, 3.8) is 0 Å². The van der Waals surface area contributed by atoms with Gasteiger partial charge in [0, 0.05) is 11.8 Å². The summed E-state index contributed by atoms with van der Waals surface area (Å²) in [4.78, 5) is 36.9. The van der Waals surface area contributed by atoms with Crippen molar-refractivity contribution < 1.29 is 28.2 Å². The zero-order valence-corrected chi connectivity index (χ0v) is 13.2. The van der Waals surface area contributed by atoms with Gasteiger partial charge in [-0.05, 0) is 19.9 Å². The summed E-state index contributed by atoms with van der Waals surface area (Å²) in [5.74, 6) is -4.83. The normalized spacial score (nSPS) is 11.0. The van der Waals surface area contributed by atoms with Gasteiger partial charge >= 0.3 is 11.9 Å². The molecule has 0 aliphatic rings. The topological polar surface area (TPSA) is 82.6 Å². The molecule has 0 spiro atoms. The molecule has 9 heteroatoms. The van der Waals surface area contributed by atoms with Gasteiger partial charge in [-0.3, -0.25) is 4.79 Å². The molecular weight excluding hydrogens is 340 g/mol. The van der Waals surface area contributed by atoms with Crippen LogP contribution in [0.25, 0.3) is 0 Å². The number of Topliss-reactive ketones (excluding diaryl/α,β-unsaturated/α-hetero) is 1. The highest BCUT2D eigenvalue weighted by atomic mass is 35.5. The Morgan fingerprint density at radius 3 is 2.14 bits per heavy atom. The fourth-order valence-corrected chi connectivity index (χ4v) is 1.80. The molecule has 0 N–H and O–H groups in total. The zero-order valence-electron chi connectivity index (χ0n) is 11.7. The summed E-state index contributed by atoms with van der Waals surface area (Å²) in [6.07, 6.45) is 0.892. The number of ether oxygens (including phenoxy) is 2. The van der Waals surface area contributed by atoms with E-state index in [1.807, 2.05) is 0 Å². The summed E-state index contributed by atoms with van der Waals surface area (Å²) in [5.41, 5.74) is -0.419. The van der Waals surface area contributed by atoms with Gasteiger partial charge in [-0.15, -0.1) is 0 Å². The van der Waals surface area contributed by atoms with Crippen LogP contribution in [0.15, 0.2) is 12.3 Å². The van der Waals surface area contributed by atoms with Gasteiger partial charge in [-0.2, -0.15) is 0 Å². The fourth-order valence-electron chi connectivity index (χ4n) is 1.47. The molecule has 0 fully saturated rings. The first kappa shape index (κ1) is 18.3. The lowest BCUT2D eigenvalue weighted by molar-refractivity contribution is -0.156. The Kier molecular flexibility index (Phi) is 6.25. The van der Waals surface area contributed by atoms with Crippen molar-refractivity contribution in [2.45, 2.75) is 18.7 Å². The predicted molar refractivity (Wildman–Crippen MR) is 75.4 cm³/mol. The van der Waals surface area contributed by atoms with E-state index in [9.17, 15) is 18.8 Å². The number of aromatic nitrogens is 1. The number of hydrogen-bond acceptors (Lipinski definition) is 6. The number of carbonyl (C=O) groups excluding carboxylic acids is 3. The van der Waals surface area contributed by atoms with Crippen LogP contribution in [0.3, 0.4) is 0 Å². The van der Waals surface area contributed by atoms with Crippen molar-refractivity contribution in [1.82, 2.24) is 4.98 Å². The van der Waals surface area contributed by atoms with Crippen molar-refractivity contribution in [3.8, 4) is 0 Å². The Morgan fingerprint density at radius 2 is 1.73 bits per heavy atom. The highest BCUT2D eigenvalue weighted by Crippen LogP contribution is 2.26. The molecule has 1 aromatic rings. The second-order valence-corrected chi connectivity index (χ2v) is 4.85. The van der Waals surface area contributed by atoms with Gasteiger partial charge in [0.25, 0.3) is 4.87 Å². The number of hydrogen-bond donors (Lipinski definition) is 0. The monoisotopic (exact) mass is 351 g/mol. The third kappa shape index (κ3) is 3.53. The molecule has 120 valence electrons. The average molecular weight is 352 g/mol. The van der Waals surface area contributed by atoms with E-state index >= 15 is 0 Å². The molecule has 0 bridgehead atoms. The van der Waals surface area contributed by atoms with E-state index in [1.54, 1.807) is 0 Å². The highest BCUT2D eigenvalue weighted by molar-refractivity contribution is 6.58. The smallest absolute Gasteiger partial charge is 0.347 e. The second kappa shape index (κ2) is 7.51. The maximum absolute atomic E-state index is 13.4. The predicted octanol–water partition coefficient (Wildman–Crippen LogP) is 2.16. The number of nitrogens with zero attached hydrogens (tertiary/aromatic N) is 1. The Bertz CT molecular complexity index is 590. The first-order valence-corrected chi connectivity index (χ1v) is 6.93. The van der Waals surface area contributed by atoms with Gasteiger partial charge in [0.1, 0.15) is 0 Å². The van der Waals surface area contributed by atoms with Gasteiger partial charge in [-0.25, -0.2) is 19.0 Å². The van der Waals surface area contributed by atoms with Crippen molar-refractivity contribution in [1.29, 1.82) is 0 Å². The van der Waals surface area contributed by atoms with Crippen LogP contribution >= 0.6 is 23.2 Å². The summed E-state index contributed by atoms with van der Waals surface area (Å²) in [6, 6.07) is 0.716. The van der Waals surface area contributed by atoms with E-state index in [2.05, 4.69) is 14.5 Å². The number of alkyl halides is 1. The minimum absolute atomic E-state index is 0.118. The van der Waals surface area contributed by atoms with Gasteiger partial charge in [0.15, 0.2) is 11.0 Å². The quantitative estimate of drug-likeness (QED) is 0.257. The summed E-state index contributed by atoms with van der Waals surface area (Å²) < 4.78 is 22.7. The molecule has 0 unspecified atom stereocenters. The first-order valence-electron chi connectivity index (χ1n) is 6.18. The molecule has 0 radical (unpaired) electrons. The molecule has 0 aliphatic heterocycles. The lowest BCUT2D eigenvalue weighted by atomic mass is 9.97. The van der Waals surface area contributed by atoms with E-state index in [-0.39, 0.29) is 13.2 Å². The minimum Gasteiger partial charge on any atom is -0.464 e. The van der Waals surface area contributed by atoms with Crippen LogP contribution in [0.5, 0.6) is 0 Å². The first-order chi connectivity index (χ1) is 10.3. The number of pyridine rings is 1. The number of carbonyl (C=O) groups is 3. The molecule has 1 heterocycles. The van der Waals surface area contributed by atoms with E-state index < -0.39 is 39.1 Å². The number of rotatable bonds is 6. The Morgan fingerprint density at radius 1 is 1.23 bits per heavy atom. The summed E-state index contributed by atoms with van der Waals surface area (Å²) in [6.45, 7) is 2.70. The molecule has 0 atom stereocenters. The summed E-state index contributed by atoms with van der Waals surface area (Å²) >= 11 is 11.3. The minimum atomic E-state index is -2.77. The van der Waals surface area contributed by atoms with Gasteiger partial charge in [-0.1, -0.05) is 23.2 Å². The van der Waals surface area contributed by atoms with Crippen molar-refractivity contribution in [2.75, 3.05) is 13.2 Å². The third-order valence-corrected chi connectivity index (χ3v) is 3.24. The fraction of sp³-hybridized carbons (Fsp3) is 0.385. The van der Waals surface area contributed by atoms with Gasteiger partial charge < -0.3 is 9.47 Å². The summed E-state index contributed by atoms with van der Waals surface area (Å²) in [5, 5.41) is -0.469. The molecule has 22 heavy (non-hydrogen) atoms. The van der Waals surface area contributed by atoms with Gasteiger partial charge in [0.05, 0.1) is 13.2 Å².